The van der Waals surface area contributed by atoms with E-state index in [9.17, 15) is 4.79 Å². The van der Waals surface area contributed by atoms with E-state index in [0.717, 1.165) is 22.4 Å². The van der Waals surface area contributed by atoms with Gasteiger partial charge in [-0.3, -0.25) is 10.1 Å². The van der Waals surface area contributed by atoms with E-state index in [1.165, 1.54) is 23.0 Å². The fourth-order valence-electron chi connectivity index (χ4n) is 2.40. The highest BCUT2D eigenvalue weighted by Gasteiger charge is 2.09. The molecule has 0 aliphatic rings. The normalized spacial score (nSPS) is 11.0. The van der Waals surface area contributed by atoms with Crippen molar-refractivity contribution in [2.45, 2.75) is 13.8 Å². The molecule has 0 radical (unpaired) electrons. The van der Waals surface area contributed by atoms with Gasteiger partial charge in [-0.1, -0.05) is 41.4 Å². The smallest absolute Gasteiger partial charge is 0.250 e. The number of hydrogen-bond donors (Lipinski definition) is 1. The predicted molar refractivity (Wildman–Crippen MR) is 106 cm³/mol. The molecule has 2 aromatic carbocycles. The largest absolute Gasteiger partial charge is 0.298 e. The van der Waals surface area contributed by atoms with Crippen LogP contribution in [0.1, 0.15) is 16.7 Å². The van der Waals surface area contributed by atoms with Crippen molar-refractivity contribution >= 4 is 40.1 Å². The summed E-state index contributed by atoms with van der Waals surface area (Å²) in [4.78, 5) is 16.6. The first-order valence-corrected chi connectivity index (χ1v) is 9.05. The molecular formula is C20H17ClN2OS. The van der Waals surface area contributed by atoms with Gasteiger partial charge in [0, 0.05) is 22.0 Å². The molecule has 1 amide bonds. The number of nitrogens with zero attached hydrogens (tertiary/aromatic N) is 1. The number of nitrogens with one attached hydrogen (secondary N) is 1. The molecule has 3 rings (SSSR count). The summed E-state index contributed by atoms with van der Waals surface area (Å²) in [5.41, 5.74) is 5.18. The van der Waals surface area contributed by atoms with Gasteiger partial charge < -0.3 is 0 Å². The molecule has 1 heterocycles. The highest BCUT2D eigenvalue weighted by atomic mass is 35.5. The fourth-order valence-corrected chi connectivity index (χ4v) is 3.31. The number of halogens is 1. The minimum absolute atomic E-state index is 0.221. The zero-order valence-electron chi connectivity index (χ0n) is 13.9. The quantitative estimate of drug-likeness (QED) is 0.597. The van der Waals surface area contributed by atoms with Gasteiger partial charge in [0.15, 0.2) is 5.13 Å². The first-order chi connectivity index (χ1) is 12.0. The van der Waals surface area contributed by atoms with Gasteiger partial charge in [0.05, 0.1) is 5.69 Å². The average Bonchev–Trinajstić information content (AvgIpc) is 3.03. The number of hydrogen-bond acceptors (Lipinski definition) is 3. The third-order valence-corrected chi connectivity index (χ3v) is 4.67. The van der Waals surface area contributed by atoms with E-state index in [1.54, 1.807) is 18.2 Å². The maximum atomic E-state index is 12.1. The standard InChI is InChI=1S/C20H17ClN2OS/c1-13-6-7-14(2)17(10-13)18-12-25-20(22-18)23-19(24)9-8-15-4-3-5-16(21)11-15/h3-12H,1-2H3,(H,22,23,24). The maximum Gasteiger partial charge on any atom is 0.250 e. The lowest BCUT2D eigenvalue weighted by Crippen LogP contribution is -2.07. The van der Waals surface area contributed by atoms with Gasteiger partial charge in [-0.25, -0.2) is 4.98 Å². The highest BCUT2D eigenvalue weighted by Crippen LogP contribution is 2.28. The van der Waals surface area contributed by atoms with Gasteiger partial charge in [-0.05, 0) is 49.2 Å². The lowest BCUT2D eigenvalue weighted by atomic mass is 10.0. The van der Waals surface area contributed by atoms with Crippen LogP contribution in [0.25, 0.3) is 17.3 Å². The maximum absolute atomic E-state index is 12.1. The van der Waals surface area contributed by atoms with Crippen molar-refractivity contribution in [1.82, 2.24) is 4.98 Å². The summed E-state index contributed by atoms with van der Waals surface area (Å²) in [5, 5.41) is 5.98. The third kappa shape index (κ3) is 4.56. The summed E-state index contributed by atoms with van der Waals surface area (Å²) in [5.74, 6) is -0.221. The molecule has 5 heteroatoms. The Kier molecular flexibility index (Phi) is 5.31. The Morgan fingerprint density at radius 3 is 2.84 bits per heavy atom. The average molecular weight is 369 g/mol. The Morgan fingerprint density at radius 2 is 2.04 bits per heavy atom. The Bertz CT molecular complexity index is 946. The van der Waals surface area contributed by atoms with Gasteiger partial charge in [0.2, 0.25) is 5.91 Å². The lowest BCUT2D eigenvalue weighted by molar-refractivity contribution is -0.111. The summed E-state index contributed by atoms with van der Waals surface area (Å²) < 4.78 is 0. The number of anilines is 1. The molecule has 0 saturated carbocycles. The molecule has 0 bridgehead atoms. The van der Waals surface area contributed by atoms with E-state index in [2.05, 4.69) is 42.3 Å². The van der Waals surface area contributed by atoms with Crippen LogP contribution in [0.3, 0.4) is 0 Å². The van der Waals surface area contributed by atoms with Crippen LogP contribution in [-0.4, -0.2) is 10.9 Å². The predicted octanol–water partition coefficient (Wildman–Crippen LogP) is 5.73. The Balaban J connectivity index is 1.71. The molecule has 0 spiro atoms. The number of carbonyl (C=O) groups is 1. The number of thiazole rings is 1. The van der Waals surface area contributed by atoms with Crippen LogP contribution in [-0.2, 0) is 4.79 Å². The van der Waals surface area contributed by atoms with Gasteiger partial charge >= 0.3 is 0 Å². The van der Waals surface area contributed by atoms with Crippen LogP contribution in [0.4, 0.5) is 5.13 Å². The van der Waals surface area contributed by atoms with Crippen molar-refractivity contribution in [2.24, 2.45) is 0 Å². The molecular weight excluding hydrogens is 352 g/mol. The van der Waals surface area contributed by atoms with Gasteiger partial charge in [0.1, 0.15) is 0 Å². The van der Waals surface area contributed by atoms with Crippen molar-refractivity contribution in [2.75, 3.05) is 5.32 Å². The molecule has 0 fully saturated rings. The molecule has 1 N–H and O–H groups in total. The fraction of sp³-hybridized carbons (Fsp3) is 0.100. The Labute approximate surface area is 156 Å². The zero-order valence-corrected chi connectivity index (χ0v) is 15.5. The van der Waals surface area contributed by atoms with Crippen LogP contribution in [0.15, 0.2) is 53.9 Å². The van der Waals surface area contributed by atoms with Crippen molar-refractivity contribution in [3.05, 3.63) is 75.6 Å². The summed E-state index contributed by atoms with van der Waals surface area (Å²) >= 11 is 7.35. The minimum atomic E-state index is -0.221. The van der Waals surface area contributed by atoms with Crippen molar-refractivity contribution < 1.29 is 4.79 Å². The Morgan fingerprint density at radius 1 is 1.20 bits per heavy atom. The van der Waals surface area contributed by atoms with Crippen LogP contribution in [0.5, 0.6) is 0 Å². The van der Waals surface area contributed by atoms with Gasteiger partial charge in [-0.15, -0.1) is 11.3 Å². The van der Waals surface area contributed by atoms with Gasteiger partial charge in [0.25, 0.3) is 0 Å². The number of amides is 1. The third-order valence-electron chi connectivity index (χ3n) is 3.68. The molecule has 0 aliphatic carbocycles. The second kappa shape index (κ2) is 7.64. The molecule has 0 saturated heterocycles. The van der Waals surface area contributed by atoms with Crippen molar-refractivity contribution in [3.63, 3.8) is 0 Å². The second-order valence-electron chi connectivity index (χ2n) is 5.73. The molecule has 3 aromatic rings. The number of benzene rings is 2. The van der Waals surface area contributed by atoms with Crippen molar-refractivity contribution in [3.8, 4) is 11.3 Å². The summed E-state index contributed by atoms with van der Waals surface area (Å²) in [6.07, 6.45) is 3.20. The van der Waals surface area contributed by atoms with E-state index in [1.807, 2.05) is 17.5 Å². The molecule has 126 valence electrons. The molecule has 25 heavy (non-hydrogen) atoms. The van der Waals surface area contributed by atoms with Crippen LogP contribution >= 0.6 is 22.9 Å². The highest BCUT2D eigenvalue weighted by molar-refractivity contribution is 7.14. The zero-order chi connectivity index (χ0) is 17.8. The molecule has 3 nitrogen and oxygen atoms in total. The topological polar surface area (TPSA) is 42.0 Å². The molecule has 0 unspecified atom stereocenters. The van der Waals surface area contributed by atoms with E-state index >= 15 is 0 Å². The minimum Gasteiger partial charge on any atom is -0.298 e. The molecule has 1 aromatic heterocycles. The summed E-state index contributed by atoms with van der Waals surface area (Å²) in [7, 11) is 0. The van der Waals surface area contributed by atoms with E-state index in [-0.39, 0.29) is 5.91 Å². The number of aryl methyl sites for hydroxylation is 2. The van der Waals surface area contributed by atoms with E-state index < -0.39 is 0 Å². The number of rotatable bonds is 4. The molecule has 0 atom stereocenters. The number of carbonyl (C=O) groups excluding carboxylic acids is 1. The van der Waals surface area contributed by atoms with Crippen LogP contribution in [0, 0.1) is 13.8 Å². The monoisotopic (exact) mass is 368 g/mol. The number of aromatic nitrogens is 1. The summed E-state index contributed by atoms with van der Waals surface area (Å²) in [6.45, 7) is 4.11. The Hall–Kier alpha value is -2.43. The van der Waals surface area contributed by atoms with Crippen LogP contribution in [0.2, 0.25) is 5.02 Å². The lowest BCUT2D eigenvalue weighted by Gasteiger charge is -2.03. The van der Waals surface area contributed by atoms with Gasteiger partial charge in [-0.2, -0.15) is 0 Å². The first-order valence-electron chi connectivity index (χ1n) is 7.79. The first kappa shape index (κ1) is 17.4. The second-order valence-corrected chi connectivity index (χ2v) is 7.03. The molecule has 0 aliphatic heterocycles. The SMILES string of the molecule is Cc1ccc(C)c(-c2csc(NC(=O)C=Cc3cccc(Cl)c3)n2)c1. The van der Waals surface area contributed by atoms with E-state index in [4.69, 9.17) is 11.6 Å². The van der Waals surface area contributed by atoms with Crippen molar-refractivity contribution in [1.29, 1.82) is 0 Å². The van der Waals surface area contributed by atoms with Crippen LogP contribution < -0.4 is 5.32 Å². The van der Waals surface area contributed by atoms with E-state index in [0.29, 0.717) is 10.2 Å². The summed E-state index contributed by atoms with van der Waals surface area (Å²) in [6, 6.07) is 13.6.